The smallest absolute Gasteiger partial charge is 0.326 e. The lowest BCUT2D eigenvalue weighted by molar-refractivity contribution is -0.166. The first kappa shape index (κ1) is 16.8. The first-order valence-corrected chi connectivity index (χ1v) is 6.99. The van der Waals surface area contributed by atoms with Gasteiger partial charge in [0.1, 0.15) is 24.3 Å². The maximum absolute atomic E-state index is 12.7. The number of hydrogen-bond acceptors (Lipinski definition) is 9. The van der Waals surface area contributed by atoms with Crippen molar-refractivity contribution >= 4 is 17.7 Å². The second-order valence-corrected chi connectivity index (χ2v) is 4.90. The van der Waals surface area contributed by atoms with Gasteiger partial charge in [0.15, 0.2) is 5.78 Å². The van der Waals surface area contributed by atoms with Crippen LogP contribution in [0.5, 0.6) is 0 Å². The average Bonchev–Trinajstić information content (AvgIpc) is 2.59. The van der Waals surface area contributed by atoms with Crippen LogP contribution in [0, 0.1) is 0 Å². The van der Waals surface area contributed by atoms with Crippen LogP contribution in [-0.4, -0.2) is 82.5 Å². The zero-order valence-corrected chi connectivity index (χ0v) is 12.5. The average molecular weight is 316 g/mol. The highest BCUT2D eigenvalue weighted by Gasteiger charge is 2.46. The van der Waals surface area contributed by atoms with Gasteiger partial charge < -0.3 is 18.9 Å². The highest BCUT2D eigenvalue weighted by atomic mass is 16.5. The van der Waals surface area contributed by atoms with E-state index in [4.69, 9.17) is 9.47 Å². The van der Waals surface area contributed by atoms with Crippen LogP contribution < -0.4 is 10.6 Å². The molecule has 9 nitrogen and oxygen atoms in total. The number of rotatable bonds is 4. The van der Waals surface area contributed by atoms with E-state index in [1.54, 1.807) is 0 Å². The zero-order chi connectivity index (χ0) is 16.1. The fraction of sp³-hybridized carbons (Fsp3) is 0.769. The van der Waals surface area contributed by atoms with Crippen LogP contribution in [0.25, 0.3) is 0 Å². The molecule has 0 aromatic carbocycles. The third-order valence-corrected chi connectivity index (χ3v) is 3.60. The molecule has 2 fully saturated rings. The van der Waals surface area contributed by atoms with Crippen molar-refractivity contribution in [3.05, 3.63) is 0 Å². The van der Waals surface area contributed by atoms with E-state index in [9.17, 15) is 14.4 Å². The summed E-state index contributed by atoms with van der Waals surface area (Å²) in [6.45, 7) is 1.39. The number of morpholine rings is 2. The van der Waals surface area contributed by atoms with Crippen molar-refractivity contribution in [3.8, 4) is 0 Å². The van der Waals surface area contributed by atoms with Gasteiger partial charge in [-0.05, 0) is 0 Å². The Labute approximate surface area is 127 Å². The molecule has 0 amide bonds. The zero-order valence-electron chi connectivity index (χ0n) is 12.5. The van der Waals surface area contributed by atoms with Gasteiger partial charge in [0.2, 0.25) is 0 Å². The molecule has 0 bridgehead atoms. The number of esters is 2. The van der Waals surface area contributed by atoms with E-state index in [2.05, 4.69) is 20.1 Å². The fourth-order valence-electron chi connectivity index (χ4n) is 2.53. The van der Waals surface area contributed by atoms with Crippen molar-refractivity contribution in [2.75, 3.05) is 40.5 Å². The number of carbonyl (C=O) groups is 3. The van der Waals surface area contributed by atoms with Gasteiger partial charge in [0.05, 0.1) is 27.4 Å². The molecule has 0 radical (unpaired) electrons. The summed E-state index contributed by atoms with van der Waals surface area (Å²) in [6.07, 6.45) is -2.14. The minimum atomic E-state index is -1.07. The molecule has 22 heavy (non-hydrogen) atoms. The summed E-state index contributed by atoms with van der Waals surface area (Å²) < 4.78 is 20.2. The summed E-state index contributed by atoms with van der Waals surface area (Å²) in [4.78, 5) is 36.2. The molecule has 9 heteroatoms. The SMILES string of the molecule is COC(=O)C1NCCOC1C(=O)C1OCCNC1C(=O)OC. The van der Waals surface area contributed by atoms with Crippen LogP contribution >= 0.6 is 0 Å². The third kappa shape index (κ3) is 3.43. The highest BCUT2D eigenvalue weighted by molar-refractivity contribution is 5.97. The first-order chi connectivity index (χ1) is 10.6. The molecular formula is C13H20N2O7. The van der Waals surface area contributed by atoms with Gasteiger partial charge in [-0.1, -0.05) is 0 Å². The van der Waals surface area contributed by atoms with Crippen molar-refractivity contribution in [2.45, 2.75) is 24.3 Å². The second kappa shape index (κ2) is 7.63. The Hall–Kier alpha value is -1.55. The molecule has 4 atom stereocenters. The Bertz CT molecular complexity index is 404. The van der Waals surface area contributed by atoms with E-state index < -0.39 is 42.0 Å². The summed E-state index contributed by atoms with van der Waals surface area (Å²) in [5, 5.41) is 5.77. The van der Waals surface area contributed by atoms with Crippen LogP contribution in [0.15, 0.2) is 0 Å². The second-order valence-electron chi connectivity index (χ2n) is 4.90. The summed E-state index contributed by atoms with van der Waals surface area (Å²) in [5.41, 5.74) is 0. The topological polar surface area (TPSA) is 112 Å². The molecule has 2 N–H and O–H groups in total. The van der Waals surface area contributed by atoms with Gasteiger partial charge in [-0.2, -0.15) is 0 Å². The maximum Gasteiger partial charge on any atom is 0.326 e. The number of hydrogen-bond donors (Lipinski definition) is 2. The van der Waals surface area contributed by atoms with Gasteiger partial charge in [0.25, 0.3) is 0 Å². The lowest BCUT2D eigenvalue weighted by Gasteiger charge is -2.35. The van der Waals surface area contributed by atoms with Crippen molar-refractivity contribution in [2.24, 2.45) is 0 Å². The molecule has 2 heterocycles. The predicted molar refractivity (Wildman–Crippen MR) is 72.1 cm³/mol. The molecule has 124 valence electrons. The molecule has 0 aliphatic carbocycles. The lowest BCUT2D eigenvalue weighted by atomic mass is 9.96. The van der Waals surface area contributed by atoms with Crippen LogP contribution in [0.4, 0.5) is 0 Å². The summed E-state index contributed by atoms with van der Waals surface area (Å²) in [5.74, 6) is -1.70. The molecule has 0 saturated carbocycles. The normalized spacial score (nSPS) is 32.1. The molecule has 2 aliphatic heterocycles. The van der Waals surface area contributed by atoms with E-state index >= 15 is 0 Å². The highest BCUT2D eigenvalue weighted by Crippen LogP contribution is 2.16. The van der Waals surface area contributed by atoms with E-state index in [1.807, 2.05) is 0 Å². The summed E-state index contributed by atoms with van der Waals surface area (Å²) >= 11 is 0. The van der Waals surface area contributed by atoms with Gasteiger partial charge >= 0.3 is 11.9 Å². The Kier molecular flexibility index (Phi) is 5.83. The summed E-state index contributed by atoms with van der Waals surface area (Å²) in [6, 6.07) is -1.84. The van der Waals surface area contributed by atoms with Gasteiger partial charge in [-0.15, -0.1) is 0 Å². The molecule has 0 aromatic rings. The lowest BCUT2D eigenvalue weighted by Crippen LogP contribution is -2.63. The predicted octanol–water partition coefficient (Wildman–Crippen LogP) is -2.38. The van der Waals surface area contributed by atoms with Crippen molar-refractivity contribution in [3.63, 3.8) is 0 Å². The van der Waals surface area contributed by atoms with E-state index in [0.717, 1.165) is 0 Å². The van der Waals surface area contributed by atoms with E-state index in [-0.39, 0.29) is 13.2 Å². The van der Waals surface area contributed by atoms with Gasteiger partial charge in [0, 0.05) is 13.1 Å². The number of Topliss-reactive ketones (excluding diaryl/α,β-unsaturated/α-hetero) is 1. The van der Waals surface area contributed by atoms with E-state index in [1.165, 1.54) is 14.2 Å². The Balaban J connectivity index is 2.15. The van der Waals surface area contributed by atoms with Crippen molar-refractivity contribution in [1.29, 1.82) is 0 Å². The summed E-state index contributed by atoms with van der Waals surface area (Å²) in [7, 11) is 2.46. The Morgan fingerprint density at radius 2 is 1.27 bits per heavy atom. The monoisotopic (exact) mass is 316 g/mol. The van der Waals surface area contributed by atoms with Gasteiger partial charge in [-0.25, -0.2) is 0 Å². The number of carbonyl (C=O) groups excluding carboxylic acids is 3. The molecule has 4 unspecified atom stereocenters. The Morgan fingerprint density at radius 1 is 0.864 bits per heavy atom. The fourth-order valence-corrected chi connectivity index (χ4v) is 2.53. The van der Waals surface area contributed by atoms with Crippen LogP contribution in [0.3, 0.4) is 0 Å². The van der Waals surface area contributed by atoms with Crippen LogP contribution in [0.1, 0.15) is 0 Å². The standard InChI is InChI=1S/C13H20N2O7/c1-19-12(17)7-10(21-5-3-14-7)9(16)11-8(13(18)20-2)15-4-6-22-11/h7-8,10-11,14-15H,3-6H2,1-2H3. The third-order valence-electron chi connectivity index (χ3n) is 3.60. The minimum absolute atomic E-state index is 0.271. The molecule has 2 aliphatic rings. The maximum atomic E-state index is 12.7. The number of methoxy groups -OCH3 is 2. The van der Waals surface area contributed by atoms with Crippen molar-refractivity contribution < 1.29 is 33.3 Å². The van der Waals surface area contributed by atoms with Crippen molar-refractivity contribution in [1.82, 2.24) is 10.6 Å². The number of nitrogens with one attached hydrogen (secondary N) is 2. The van der Waals surface area contributed by atoms with Gasteiger partial charge in [-0.3, -0.25) is 25.0 Å². The molecule has 0 aromatic heterocycles. The quantitative estimate of drug-likeness (QED) is 0.549. The minimum Gasteiger partial charge on any atom is -0.468 e. The molecular weight excluding hydrogens is 296 g/mol. The molecule has 2 saturated heterocycles. The van der Waals surface area contributed by atoms with Crippen LogP contribution in [0.2, 0.25) is 0 Å². The Morgan fingerprint density at radius 3 is 1.64 bits per heavy atom. The molecule has 0 spiro atoms. The number of ether oxygens (including phenoxy) is 4. The molecule has 2 rings (SSSR count). The van der Waals surface area contributed by atoms with Crippen LogP contribution in [-0.2, 0) is 33.3 Å². The number of ketones is 1. The first-order valence-electron chi connectivity index (χ1n) is 6.99. The largest absolute Gasteiger partial charge is 0.468 e. The van der Waals surface area contributed by atoms with E-state index in [0.29, 0.717) is 13.1 Å².